The van der Waals surface area contributed by atoms with Crippen molar-refractivity contribution < 1.29 is 35.2 Å². The number of anilines is 2. The minimum atomic E-state index is -4.48. The molecule has 0 fully saturated rings. The van der Waals surface area contributed by atoms with Crippen LogP contribution >= 0.6 is 0 Å². The lowest BCUT2D eigenvalue weighted by molar-refractivity contribution is -0.138. The number of fused-ring (bicyclic) bond motifs is 2. The normalized spacial score (nSPS) is 12.6. The van der Waals surface area contributed by atoms with E-state index in [-0.39, 0.29) is 11.8 Å². The van der Waals surface area contributed by atoms with Crippen molar-refractivity contribution in [2.45, 2.75) is 12.4 Å². The zero-order valence-corrected chi connectivity index (χ0v) is 17.0. The van der Waals surface area contributed by atoms with Gasteiger partial charge in [0.25, 0.3) is 0 Å². The highest BCUT2D eigenvalue weighted by Gasteiger charge is 2.31. The van der Waals surface area contributed by atoms with Crippen molar-refractivity contribution in [1.82, 2.24) is 0 Å². The van der Waals surface area contributed by atoms with Crippen molar-refractivity contribution >= 4 is 33.7 Å². The fourth-order valence-corrected chi connectivity index (χ4v) is 3.97. The monoisotopic (exact) mass is 476 g/mol. The van der Waals surface area contributed by atoms with Gasteiger partial charge in [-0.25, -0.2) is 0 Å². The van der Waals surface area contributed by atoms with Gasteiger partial charge in [-0.1, -0.05) is 24.3 Å². The molecule has 0 spiro atoms. The van der Waals surface area contributed by atoms with Crippen molar-refractivity contribution in [1.29, 1.82) is 0 Å². The molecular weight excluding hydrogens is 462 g/mol. The number of hydrogen-bond donors (Lipinski definition) is 2. The van der Waals surface area contributed by atoms with Gasteiger partial charge in [-0.2, -0.15) is 26.3 Å². The van der Waals surface area contributed by atoms with Gasteiger partial charge in [-0.05, 0) is 47.5 Å². The average molecular weight is 476 g/mol. The molecule has 2 aromatic heterocycles. The van der Waals surface area contributed by atoms with Crippen LogP contribution in [0.25, 0.3) is 44.2 Å². The third-order valence-electron chi connectivity index (χ3n) is 5.55. The molecule has 0 unspecified atom stereocenters. The average Bonchev–Trinajstić information content (AvgIpc) is 3.25. The summed E-state index contributed by atoms with van der Waals surface area (Å²) >= 11 is 0. The maximum absolute atomic E-state index is 12.9. The van der Waals surface area contributed by atoms with Gasteiger partial charge < -0.3 is 20.3 Å². The zero-order chi connectivity index (χ0) is 24.4. The standard InChI is InChI=1S/C24H14F6N2O2/c25-23(26,27)13-5-1-11(2-6-13)19-15-9-18-16(10-17(15)33-21(19)31)20(22(32)34-18)12-3-7-14(8-4-12)24(28,29)30/h1-10H,31-32H2. The second-order valence-corrected chi connectivity index (χ2v) is 7.68. The first-order chi connectivity index (χ1) is 15.9. The van der Waals surface area contributed by atoms with Crippen molar-refractivity contribution in [2.24, 2.45) is 0 Å². The Hall–Kier alpha value is -4.08. The summed E-state index contributed by atoms with van der Waals surface area (Å²) < 4.78 is 88.7. The Bertz CT molecular complexity index is 1410. The molecule has 0 amide bonds. The molecule has 174 valence electrons. The van der Waals surface area contributed by atoms with E-state index in [0.717, 1.165) is 24.3 Å². The molecule has 34 heavy (non-hydrogen) atoms. The number of rotatable bonds is 2. The highest BCUT2D eigenvalue weighted by atomic mass is 19.4. The van der Waals surface area contributed by atoms with E-state index in [1.807, 2.05) is 0 Å². The zero-order valence-electron chi connectivity index (χ0n) is 17.0. The van der Waals surface area contributed by atoms with Gasteiger partial charge in [-0.15, -0.1) is 0 Å². The van der Waals surface area contributed by atoms with E-state index in [1.165, 1.54) is 24.3 Å². The molecule has 0 aliphatic heterocycles. The van der Waals surface area contributed by atoms with Gasteiger partial charge in [0, 0.05) is 10.8 Å². The first-order valence-electron chi connectivity index (χ1n) is 9.83. The predicted molar refractivity (Wildman–Crippen MR) is 116 cm³/mol. The first kappa shape index (κ1) is 21.7. The Morgan fingerprint density at radius 2 is 0.853 bits per heavy atom. The fourth-order valence-electron chi connectivity index (χ4n) is 3.97. The molecule has 0 saturated heterocycles. The van der Waals surface area contributed by atoms with E-state index in [9.17, 15) is 26.3 Å². The lowest BCUT2D eigenvalue weighted by Gasteiger charge is -2.07. The number of halogens is 6. The van der Waals surface area contributed by atoms with Crippen LogP contribution in [-0.2, 0) is 12.4 Å². The molecule has 5 aromatic rings. The van der Waals surface area contributed by atoms with Crippen LogP contribution in [0.4, 0.5) is 38.1 Å². The minimum Gasteiger partial charge on any atom is -0.440 e. The van der Waals surface area contributed by atoms with Crippen molar-refractivity contribution in [2.75, 3.05) is 11.5 Å². The van der Waals surface area contributed by atoms with E-state index >= 15 is 0 Å². The van der Waals surface area contributed by atoms with Crippen LogP contribution in [-0.4, -0.2) is 0 Å². The summed E-state index contributed by atoms with van der Waals surface area (Å²) in [5.41, 5.74) is 12.7. The Morgan fingerprint density at radius 1 is 0.529 bits per heavy atom. The molecule has 10 heteroatoms. The minimum absolute atomic E-state index is 0.00790. The van der Waals surface area contributed by atoms with E-state index in [1.54, 1.807) is 12.1 Å². The maximum atomic E-state index is 12.9. The van der Waals surface area contributed by atoms with Gasteiger partial charge in [0.05, 0.1) is 22.3 Å². The molecular formula is C24H14F6N2O2. The largest absolute Gasteiger partial charge is 0.440 e. The molecule has 4 nitrogen and oxygen atoms in total. The van der Waals surface area contributed by atoms with Gasteiger partial charge in [-0.3, -0.25) is 0 Å². The molecule has 5 rings (SSSR count). The molecule has 0 atom stereocenters. The Labute approximate surface area is 187 Å². The lowest BCUT2D eigenvalue weighted by atomic mass is 9.99. The van der Waals surface area contributed by atoms with Gasteiger partial charge in [0.2, 0.25) is 0 Å². The molecule has 0 radical (unpaired) electrons. The van der Waals surface area contributed by atoms with Crippen LogP contribution < -0.4 is 11.5 Å². The van der Waals surface area contributed by atoms with E-state index in [2.05, 4.69) is 0 Å². The Balaban J connectivity index is 1.64. The number of nitrogens with two attached hydrogens (primary N) is 2. The van der Waals surface area contributed by atoms with Crippen LogP contribution in [0.5, 0.6) is 0 Å². The highest BCUT2D eigenvalue weighted by Crippen LogP contribution is 2.44. The molecule has 0 aliphatic rings. The first-order valence-corrected chi connectivity index (χ1v) is 9.83. The quantitative estimate of drug-likeness (QED) is 0.256. The van der Waals surface area contributed by atoms with Crippen molar-refractivity contribution in [3.05, 3.63) is 71.8 Å². The van der Waals surface area contributed by atoms with Crippen molar-refractivity contribution in [3.8, 4) is 22.3 Å². The molecule has 0 bridgehead atoms. The predicted octanol–water partition coefficient (Wildman–Crippen LogP) is 7.72. The summed E-state index contributed by atoms with van der Waals surface area (Å²) in [6.07, 6.45) is -8.95. The second-order valence-electron chi connectivity index (χ2n) is 7.68. The van der Waals surface area contributed by atoms with Gasteiger partial charge >= 0.3 is 12.4 Å². The van der Waals surface area contributed by atoms with E-state index in [4.69, 9.17) is 20.3 Å². The maximum Gasteiger partial charge on any atom is 0.416 e. The van der Waals surface area contributed by atoms with E-state index in [0.29, 0.717) is 44.2 Å². The molecule has 0 saturated carbocycles. The number of nitrogen functional groups attached to an aromatic ring is 2. The number of furan rings is 2. The molecule has 4 N–H and O–H groups in total. The second kappa shape index (κ2) is 7.21. The van der Waals surface area contributed by atoms with Gasteiger partial charge in [0.1, 0.15) is 11.2 Å². The number of benzene rings is 3. The highest BCUT2D eigenvalue weighted by molar-refractivity contribution is 6.10. The molecule has 2 heterocycles. The van der Waals surface area contributed by atoms with Crippen LogP contribution in [0.15, 0.2) is 69.5 Å². The fraction of sp³-hybridized carbons (Fsp3) is 0.0833. The summed E-state index contributed by atoms with van der Waals surface area (Å²) in [5.74, 6) is -0.0158. The van der Waals surface area contributed by atoms with Crippen LogP contribution in [0.2, 0.25) is 0 Å². The molecule has 3 aromatic carbocycles. The summed E-state index contributed by atoms with van der Waals surface area (Å²) in [4.78, 5) is 0. The van der Waals surface area contributed by atoms with Gasteiger partial charge in [0.15, 0.2) is 11.8 Å². The smallest absolute Gasteiger partial charge is 0.416 e. The number of hydrogen-bond acceptors (Lipinski definition) is 4. The summed E-state index contributed by atoms with van der Waals surface area (Å²) in [5, 5.41) is 0.968. The summed E-state index contributed by atoms with van der Waals surface area (Å²) in [6.45, 7) is 0. The molecule has 0 aliphatic carbocycles. The van der Waals surface area contributed by atoms with Crippen LogP contribution in [0.3, 0.4) is 0 Å². The summed E-state index contributed by atoms with van der Waals surface area (Å²) in [6, 6.07) is 12.1. The van der Waals surface area contributed by atoms with Crippen LogP contribution in [0.1, 0.15) is 11.1 Å². The SMILES string of the molecule is Nc1oc2cc3c(-c4ccc(C(F)(F)F)cc4)c(N)oc3cc2c1-c1ccc(C(F)(F)F)cc1. The third kappa shape index (κ3) is 3.51. The van der Waals surface area contributed by atoms with Crippen LogP contribution in [0, 0.1) is 0 Å². The summed E-state index contributed by atoms with van der Waals surface area (Å²) in [7, 11) is 0. The lowest BCUT2D eigenvalue weighted by Crippen LogP contribution is -2.04. The third-order valence-corrected chi connectivity index (χ3v) is 5.55. The van der Waals surface area contributed by atoms with Crippen molar-refractivity contribution in [3.63, 3.8) is 0 Å². The van der Waals surface area contributed by atoms with E-state index < -0.39 is 23.5 Å². The Kier molecular flexibility index (Phi) is 4.61. The topological polar surface area (TPSA) is 78.3 Å². The Morgan fingerprint density at radius 3 is 1.15 bits per heavy atom. The number of alkyl halides is 6.